The Morgan fingerprint density at radius 2 is 2.47 bits per heavy atom. The molecule has 1 aromatic rings. The number of carbonyl (C=O) groups excluding carboxylic acids is 1. The van der Waals surface area contributed by atoms with E-state index in [2.05, 4.69) is 0 Å². The molecule has 0 aromatic carbocycles. The number of aliphatic hydroxyl groups excluding tert-OH is 1. The molecule has 82 valence electrons. The van der Waals surface area contributed by atoms with Crippen LogP contribution < -0.4 is 5.73 Å². The molecular weight excluding hydrogens is 212 g/mol. The molecule has 1 amide bonds. The fourth-order valence-corrected chi connectivity index (χ4v) is 2.59. The Balaban J connectivity index is 2.14. The fourth-order valence-electron chi connectivity index (χ4n) is 1.68. The number of rotatable bonds is 1. The van der Waals surface area contributed by atoms with Gasteiger partial charge in [0, 0.05) is 23.7 Å². The zero-order valence-electron chi connectivity index (χ0n) is 8.56. The van der Waals surface area contributed by atoms with Gasteiger partial charge in [-0.2, -0.15) is 0 Å². The SMILES string of the molecule is Cc1sc(C(=O)N2CC[C@@H](O)C2)cc1N. The highest BCUT2D eigenvalue weighted by molar-refractivity contribution is 7.14. The lowest BCUT2D eigenvalue weighted by atomic mass is 10.3. The van der Waals surface area contributed by atoms with Crippen molar-refractivity contribution in [3.63, 3.8) is 0 Å². The molecule has 0 aliphatic carbocycles. The number of carbonyl (C=O) groups is 1. The predicted octanol–water partition coefficient (Wildman–Crippen LogP) is 0.846. The molecule has 0 spiro atoms. The maximum atomic E-state index is 11.9. The fraction of sp³-hybridized carbons (Fsp3) is 0.500. The van der Waals surface area contributed by atoms with Gasteiger partial charge in [0.15, 0.2) is 0 Å². The summed E-state index contributed by atoms with van der Waals surface area (Å²) in [6.07, 6.45) is 0.304. The first-order chi connectivity index (χ1) is 7.08. The lowest BCUT2D eigenvalue weighted by molar-refractivity contribution is 0.0769. The topological polar surface area (TPSA) is 66.6 Å². The zero-order valence-corrected chi connectivity index (χ0v) is 9.38. The normalized spacial score (nSPS) is 20.9. The Bertz CT molecular complexity index is 369. The van der Waals surface area contributed by atoms with E-state index in [9.17, 15) is 9.90 Å². The minimum Gasteiger partial charge on any atom is -0.398 e. The molecule has 0 radical (unpaired) electrons. The van der Waals surface area contributed by atoms with Crippen LogP contribution in [0.1, 0.15) is 21.0 Å². The van der Waals surface area contributed by atoms with Crippen LogP contribution >= 0.6 is 11.3 Å². The third-order valence-electron chi connectivity index (χ3n) is 2.62. The van der Waals surface area contributed by atoms with Crippen molar-refractivity contribution in [2.45, 2.75) is 19.4 Å². The first-order valence-corrected chi connectivity index (χ1v) is 5.73. The third kappa shape index (κ3) is 1.98. The number of aliphatic hydroxyl groups is 1. The summed E-state index contributed by atoms with van der Waals surface area (Å²) >= 11 is 1.41. The van der Waals surface area contributed by atoms with Gasteiger partial charge >= 0.3 is 0 Å². The number of nitrogen functional groups attached to an aromatic ring is 1. The van der Waals surface area contributed by atoms with Crippen molar-refractivity contribution < 1.29 is 9.90 Å². The highest BCUT2D eigenvalue weighted by Gasteiger charge is 2.26. The second-order valence-corrected chi connectivity index (χ2v) is 5.07. The highest BCUT2D eigenvalue weighted by Crippen LogP contribution is 2.25. The van der Waals surface area contributed by atoms with E-state index in [0.29, 0.717) is 30.1 Å². The Morgan fingerprint density at radius 3 is 2.93 bits per heavy atom. The van der Waals surface area contributed by atoms with Crippen LogP contribution in [-0.4, -0.2) is 35.1 Å². The summed E-state index contributed by atoms with van der Waals surface area (Å²) in [5, 5.41) is 9.34. The summed E-state index contributed by atoms with van der Waals surface area (Å²) in [7, 11) is 0. The van der Waals surface area contributed by atoms with Gasteiger partial charge in [-0.3, -0.25) is 4.79 Å². The second-order valence-electron chi connectivity index (χ2n) is 3.82. The van der Waals surface area contributed by atoms with Crippen LogP contribution in [0.15, 0.2) is 6.07 Å². The molecule has 1 saturated heterocycles. The lowest BCUT2D eigenvalue weighted by Gasteiger charge is -2.13. The second kappa shape index (κ2) is 3.83. The number of anilines is 1. The molecule has 0 unspecified atom stereocenters. The molecule has 5 heteroatoms. The van der Waals surface area contributed by atoms with Crippen LogP contribution in [0.25, 0.3) is 0 Å². The number of amides is 1. The van der Waals surface area contributed by atoms with Gasteiger partial charge in [0.25, 0.3) is 5.91 Å². The molecular formula is C10H14N2O2S. The first kappa shape index (κ1) is 10.4. The van der Waals surface area contributed by atoms with Crippen LogP contribution in [-0.2, 0) is 0 Å². The molecule has 2 heterocycles. The molecule has 1 atom stereocenters. The Kier molecular flexibility index (Phi) is 2.67. The maximum absolute atomic E-state index is 11.9. The Hall–Kier alpha value is -1.07. The summed E-state index contributed by atoms with van der Waals surface area (Å²) in [6.45, 7) is 2.97. The average Bonchev–Trinajstić information content (AvgIpc) is 2.74. The molecule has 3 N–H and O–H groups in total. The van der Waals surface area contributed by atoms with E-state index < -0.39 is 0 Å². The molecule has 1 aliphatic heterocycles. The van der Waals surface area contributed by atoms with Crippen molar-refractivity contribution in [1.29, 1.82) is 0 Å². The van der Waals surface area contributed by atoms with Crippen LogP contribution in [0, 0.1) is 6.92 Å². The summed E-state index contributed by atoms with van der Waals surface area (Å²) in [6, 6.07) is 1.72. The van der Waals surface area contributed by atoms with Gasteiger partial charge in [-0.05, 0) is 19.4 Å². The molecule has 4 nitrogen and oxygen atoms in total. The number of likely N-dealkylation sites (tertiary alicyclic amines) is 1. The number of hydrogen-bond donors (Lipinski definition) is 2. The van der Waals surface area contributed by atoms with Crippen LogP contribution in [0.5, 0.6) is 0 Å². The Labute approximate surface area is 92.3 Å². The van der Waals surface area contributed by atoms with E-state index in [4.69, 9.17) is 5.73 Å². The van der Waals surface area contributed by atoms with E-state index in [1.165, 1.54) is 11.3 Å². The van der Waals surface area contributed by atoms with E-state index in [0.717, 1.165) is 4.88 Å². The predicted molar refractivity (Wildman–Crippen MR) is 60.0 cm³/mol. The number of thiophene rings is 1. The number of hydrogen-bond acceptors (Lipinski definition) is 4. The monoisotopic (exact) mass is 226 g/mol. The van der Waals surface area contributed by atoms with Crippen LogP contribution in [0.2, 0.25) is 0 Å². The van der Waals surface area contributed by atoms with E-state index in [1.54, 1.807) is 11.0 Å². The van der Waals surface area contributed by atoms with Crippen molar-refractivity contribution in [1.82, 2.24) is 4.90 Å². The van der Waals surface area contributed by atoms with Crippen LogP contribution in [0.3, 0.4) is 0 Å². The van der Waals surface area contributed by atoms with Crippen molar-refractivity contribution in [3.05, 3.63) is 15.8 Å². The molecule has 15 heavy (non-hydrogen) atoms. The van der Waals surface area contributed by atoms with Gasteiger partial charge in [0.2, 0.25) is 0 Å². The first-order valence-electron chi connectivity index (χ1n) is 4.91. The average molecular weight is 226 g/mol. The maximum Gasteiger partial charge on any atom is 0.264 e. The minimum absolute atomic E-state index is 0.0173. The zero-order chi connectivity index (χ0) is 11.0. The minimum atomic E-state index is -0.368. The quantitative estimate of drug-likeness (QED) is 0.746. The smallest absolute Gasteiger partial charge is 0.264 e. The Morgan fingerprint density at radius 1 is 1.73 bits per heavy atom. The number of aryl methyl sites for hydroxylation is 1. The molecule has 0 bridgehead atoms. The van der Waals surface area contributed by atoms with Crippen LogP contribution in [0.4, 0.5) is 5.69 Å². The summed E-state index contributed by atoms with van der Waals surface area (Å²) in [4.78, 5) is 15.2. The van der Waals surface area contributed by atoms with Gasteiger partial charge in [-0.25, -0.2) is 0 Å². The van der Waals surface area contributed by atoms with Crippen molar-refractivity contribution in [2.75, 3.05) is 18.8 Å². The lowest BCUT2D eigenvalue weighted by Crippen LogP contribution is -2.28. The van der Waals surface area contributed by atoms with E-state index in [-0.39, 0.29) is 12.0 Å². The number of β-amino-alcohol motifs (C(OH)–C–C–N with tert-alkyl or cyclic N) is 1. The van der Waals surface area contributed by atoms with E-state index >= 15 is 0 Å². The molecule has 1 fully saturated rings. The molecule has 0 saturated carbocycles. The third-order valence-corrected chi connectivity index (χ3v) is 3.67. The van der Waals surface area contributed by atoms with Gasteiger partial charge in [-0.15, -0.1) is 11.3 Å². The standard InChI is InChI=1S/C10H14N2O2S/c1-6-8(11)4-9(15-6)10(14)12-3-2-7(13)5-12/h4,7,13H,2-3,5,11H2,1H3/t7-/m1/s1. The van der Waals surface area contributed by atoms with Gasteiger partial charge in [0.05, 0.1) is 11.0 Å². The van der Waals surface area contributed by atoms with Crippen molar-refractivity contribution in [3.8, 4) is 0 Å². The van der Waals surface area contributed by atoms with Gasteiger partial charge in [-0.1, -0.05) is 0 Å². The molecule has 1 aromatic heterocycles. The highest BCUT2D eigenvalue weighted by atomic mass is 32.1. The van der Waals surface area contributed by atoms with Gasteiger partial charge < -0.3 is 15.7 Å². The van der Waals surface area contributed by atoms with E-state index in [1.807, 2.05) is 6.92 Å². The summed E-state index contributed by atoms with van der Waals surface area (Å²) in [5.41, 5.74) is 6.36. The molecule has 1 aliphatic rings. The number of nitrogens with two attached hydrogens (primary N) is 1. The van der Waals surface area contributed by atoms with Crippen molar-refractivity contribution in [2.24, 2.45) is 0 Å². The summed E-state index contributed by atoms with van der Waals surface area (Å²) < 4.78 is 0. The largest absolute Gasteiger partial charge is 0.398 e. The molecule has 2 rings (SSSR count). The van der Waals surface area contributed by atoms with Crippen molar-refractivity contribution >= 4 is 22.9 Å². The number of nitrogens with zero attached hydrogens (tertiary/aromatic N) is 1. The van der Waals surface area contributed by atoms with Gasteiger partial charge in [0.1, 0.15) is 0 Å². The summed E-state index contributed by atoms with van der Waals surface area (Å²) in [5.74, 6) is -0.0173.